The van der Waals surface area contributed by atoms with Crippen molar-refractivity contribution in [1.29, 1.82) is 0 Å². The molecule has 0 unspecified atom stereocenters. The molecule has 0 saturated carbocycles. The second-order valence-corrected chi connectivity index (χ2v) is 7.62. The molecule has 0 fully saturated rings. The first kappa shape index (κ1) is 22.8. The quantitative estimate of drug-likeness (QED) is 0.219. The van der Waals surface area contributed by atoms with E-state index in [4.69, 9.17) is 11.3 Å². The van der Waals surface area contributed by atoms with E-state index < -0.39 is 5.95 Å². The minimum atomic E-state index is -0.415. The lowest BCUT2D eigenvalue weighted by molar-refractivity contribution is -0.920. The molecule has 0 rings (SSSR count). The lowest BCUT2D eigenvalue weighted by Gasteiger charge is -2.37. The number of ether oxygens (including phenoxy) is 1. The Labute approximate surface area is 149 Å². The highest BCUT2D eigenvalue weighted by molar-refractivity contribution is 5.10. The second kappa shape index (κ2) is 12.2. The topological polar surface area (TPSA) is 36.6 Å². The Bertz CT molecular complexity index is 404. The van der Waals surface area contributed by atoms with Crippen molar-refractivity contribution < 1.29 is 14.3 Å². The average Bonchev–Trinajstić information content (AvgIpc) is 2.54. The average molecular weight is 339 g/mol. The fraction of sp³-hybridized carbons (Fsp3) is 0.850. The van der Waals surface area contributed by atoms with E-state index in [1.165, 1.54) is 6.42 Å². The van der Waals surface area contributed by atoms with Crippen LogP contribution in [0.15, 0.2) is 11.6 Å². The van der Waals surface area contributed by atoms with Crippen molar-refractivity contribution in [1.82, 2.24) is 0 Å². The van der Waals surface area contributed by atoms with Gasteiger partial charge in [-0.15, -0.1) is 0 Å². The molecule has 0 aromatic rings. The van der Waals surface area contributed by atoms with Crippen LogP contribution in [0.5, 0.6) is 0 Å². The molecule has 0 aliphatic heterocycles. The van der Waals surface area contributed by atoms with Crippen molar-refractivity contribution in [3.8, 4) is 0 Å². The first-order chi connectivity index (χ1) is 11.3. The summed E-state index contributed by atoms with van der Waals surface area (Å²) >= 11 is 0. The van der Waals surface area contributed by atoms with E-state index in [0.29, 0.717) is 25.0 Å². The van der Waals surface area contributed by atoms with Crippen LogP contribution in [-0.4, -0.2) is 37.3 Å². The zero-order valence-electron chi connectivity index (χ0n) is 16.7. The molecule has 0 aromatic heterocycles. The Morgan fingerprint density at radius 3 is 2.04 bits per heavy atom. The van der Waals surface area contributed by atoms with Crippen molar-refractivity contribution in [2.75, 3.05) is 32.8 Å². The van der Waals surface area contributed by atoms with Crippen LogP contribution < -0.4 is 5.11 Å². The van der Waals surface area contributed by atoms with Crippen LogP contribution in [0.2, 0.25) is 0 Å². The number of hydrogen-bond donors (Lipinski definition) is 0. The van der Waals surface area contributed by atoms with E-state index in [1.807, 2.05) is 0 Å². The van der Waals surface area contributed by atoms with Gasteiger partial charge in [-0.2, -0.15) is 0 Å². The second-order valence-electron chi connectivity index (χ2n) is 7.62. The molecule has 0 radical (unpaired) electrons. The van der Waals surface area contributed by atoms with Crippen LogP contribution in [0.1, 0.15) is 67.2 Å². The summed E-state index contributed by atoms with van der Waals surface area (Å²) in [6.45, 7) is 24.3. The summed E-state index contributed by atoms with van der Waals surface area (Å²) in [7, 11) is 0. The number of likely N-dealkylation sites (N-methyl/N-ethyl adjacent to an activating group) is 1. The first-order valence-corrected chi connectivity index (χ1v) is 9.55. The van der Waals surface area contributed by atoms with E-state index in [9.17, 15) is 5.11 Å². The van der Waals surface area contributed by atoms with Gasteiger partial charge in [0, 0.05) is 0 Å². The normalized spacial score (nSPS) is 13.1. The Balaban J connectivity index is 4.80. The number of quaternary nitrogens is 1. The van der Waals surface area contributed by atoms with Gasteiger partial charge in [0.2, 0.25) is 5.70 Å². The number of nitrogens with zero attached hydrogens (tertiary/aromatic N) is 2. The molecule has 4 heteroatoms. The van der Waals surface area contributed by atoms with Crippen molar-refractivity contribution in [3.05, 3.63) is 23.1 Å². The zero-order valence-corrected chi connectivity index (χ0v) is 16.7. The van der Waals surface area contributed by atoms with Gasteiger partial charge in [0.05, 0.1) is 32.2 Å². The molecule has 0 aromatic carbocycles. The standard InChI is InChI=1S/C20H38N2O2/c1-8-22(9-2,14-10-12-17(3)4)16-19(21-7)20(23)24-15-11-13-18(5)6/h17-18H,8-16H2,1-6H3. The van der Waals surface area contributed by atoms with Gasteiger partial charge in [0.15, 0.2) is 0 Å². The summed E-state index contributed by atoms with van der Waals surface area (Å²) in [6.07, 6.45) is 4.23. The molecular formula is C20H38N2O2. The van der Waals surface area contributed by atoms with Gasteiger partial charge in [-0.1, -0.05) is 34.1 Å². The van der Waals surface area contributed by atoms with Crippen LogP contribution in [0.4, 0.5) is 0 Å². The number of hydrogen-bond acceptors (Lipinski definition) is 2. The summed E-state index contributed by atoms with van der Waals surface area (Å²) in [5, 5.41) is 12.2. The van der Waals surface area contributed by atoms with Gasteiger partial charge < -0.3 is 14.3 Å². The third-order valence-electron chi connectivity index (χ3n) is 4.77. The van der Waals surface area contributed by atoms with Crippen LogP contribution in [0, 0.1) is 18.4 Å². The van der Waals surface area contributed by atoms with Gasteiger partial charge in [-0.25, -0.2) is 4.85 Å². The molecule has 0 saturated heterocycles. The highest BCUT2D eigenvalue weighted by atomic mass is 16.6. The molecule has 0 aliphatic carbocycles. The maximum absolute atomic E-state index is 12.2. The molecule has 0 N–H and O–H groups in total. The Hall–Kier alpha value is -1.21. The lowest BCUT2D eigenvalue weighted by atomic mass is 10.1. The summed E-state index contributed by atoms with van der Waals surface area (Å²) in [4.78, 5) is 3.50. The highest BCUT2D eigenvalue weighted by Crippen LogP contribution is 2.17. The van der Waals surface area contributed by atoms with Crippen LogP contribution in [-0.2, 0) is 4.74 Å². The molecular weight excluding hydrogens is 300 g/mol. The Morgan fingerprint density at radius 2 is 1.58 bits per heavy atom. The molecule has 0 aliphatic rings. The molecule has 0 bridgehead atoms. The lowest BCUT2D eigenvalue weighted by Crippen LogP contribution is -2.50. The van der Waals surface area contributed by atoms with Crippen LogP contribution >= 0.6 is 0 Å². The van der Waals surface area contributed by atoms with E-state index >= 15 is 0 Å². The van der Waals surface area contributed by atoms with Crippen molar-refractivity contribution in [2.24, 2.45) is 11.8 Å². The SMILES string of the molecule is [C-]#[N+]C(C[N+](CC)(CC)CCCC(C)C)=C([O-])OCCCC(C)C. The summed E-state index contributed by atoms with van der Waals surface area (Å²) in [5.41, 5.74) is 0.257. The molecule has 0 amide bonds. The molecule has 0 heterocycles. The number of rotatable bonds is 13. The van der Waals surface area contributed by atoms with Crippen molar-refractivity contribution in [3.63, 3.8) is 0 Å². The van der Waals surface area contributed by atoms with Crippen molar-refractivity contribution >= 4 is 0 Å². The minimum absolute atomic E-state index is 0.257. The monoisotopic (exact) mass is 338 g/mol. The van der Waals surface area contributed by atoms with Crippen LogP contribution in [0.3, 0.4) is 0 Å². The van der Waals surface area contributed by atoms with E-state index in [-0.39, 0.29) is 5.70 Å². The molecule has 140 valence electrons. The highest BCUT2D eigenvalue weighted by Gasteiger charge is 2.25. The van der Waals surface area contributed by atoms with Crippen LogP contribution in [0.25, 0.3) is 4.85 Å². The molecule has 0 atom stereocenters. The Kier molecular flexibility index (Phi) is 11.6. The summed E-state index contributed by atoms with van der Waals surface area (Å²) < 4.78 is 6.12. The zero-order chi connectivity index (χ0) is 18.6. The molecule has 24 heavy (non-hydrogen) atoms. The fourth-order valence-corrected chi connectivity index (χ4v) is 2.88. The summed E-state index contributed by atoms with van der Waals surface area (Å²) in [6, 6.07) is 0. The fourth-order valence-electron chi connectivity index (χ4n) is 2.88. The van der Waals surface area contributed by atoms with E-state index in [0.717, 1.165) is 43.4 Å². The van der Waals surface area contributed by atoms with Gasteiger partial charge in [0.1, 0.15) is 6.54 Å². The smallest absolute Gasteiger partial charge is 0.239 e. The summed E-state index contributed by atoms with van der Waals surface area (Å²) in [5.74, 6) is 0.885. The van der Waals surface area contributed by atoms with Gasteiger partial charge >= 0.3 is 0 Å². The molecule has 4 nitrogen and oxygen atoms in total. The maximum Gasteiger partial charge on any atom is 0.239 e. The van der Waals surface area contributed by atoms with E-state index in [1.54, 1.807) is 0 Å². The predicted molar refractivity (Wildman–Crippen MR) is 98.8 cm³/mol. The van der Waals surface area contributed by atoms with Gasteiger partial charge in [-0.05, 0) is 51.6 Å². The largest absolute Gasteiger partial charge is 0.622 e. The van der Waals surface area contributed by atoms with Gasteiger partial charge in [-0.3, -0.25) is 0 Å². The van der Waals surface area contributed by atoms with Crippen molar-refractivity contribution in [2.45, 2.75) is 67.2 Å². The first-order valence-electron chi connectivity index (χ1n) is 9.55. The maximum atomic E-state index is 12.2. The Morgan fingerprint density at radius 1 is 1.04 bits per heavy atom. The van der Waals surface area contributed by atoms with E-state index in [2.05, 4.69) is 46.4 Å². The third kappa shape index (κ3) is 9.17. The van der Waals surface area contributed by atoms with Gasteiger partial charge in [0.25, 0.3) is 0 Å². The predicted octanol–water partition coefficient (Wildman–Crippen LogP) is 4.18. The molecule has 0 spiro atoms. The minimum Gasteiger partial charge on any atom is -0.622 e. The third-order valence-corrected chi connectivity index (χ3v) is 4.77.